The maximum atomic E-state index is 11.9. The molecule has 1 N–H and O–H groups in total. The van der Waals surface area contributed by atoms with Crippen LogP contribution >= 0.6 is 0 Å². The minimum absolute atomic E-state index is 0.00313. The standard InChI is InChI=1S/C15H18O4/c1-8-11(17)4-6-15(2)5-3-9-10(7-16)14(18)19-13(9)12(8)15/h4,6,9-10,13,16H,3,5,7H2,1-2H3/t9-,10-,13-,15-/m0/s1. The first kappa shape index (κ1) is 12.6. The molecule has 3 rings (SSSR count). The third-order valence-corrected chi connectivity index (χ3v) is 4.92. The average Bonchev–Trinajstić information content (AvgIpc) is 2.69. The fraction of sp³-hybridized carbons (Fsp3) is 0.600. The Kier molecular flexibility index (Phi) is 2.68. The molecule has 4 atom stereocenters. The van der Waals surface area contributed by atoms with Crippen molar-refractivity contribution in [1.82, 2.24) is 0 Å². The number of hydrogen-bond acceptors (Lipinski definition) is 4. The van der Waals surface area contributed by atoms with Crippen molar-refractivity contribution in [2.45, 2.75) is 32.8 Å². The van der Waals surface area contributed by atoms with E-state index in [1.54, 1.807) is 6.08 Å². The molecule has 19 heavy (non-hydrogen) atoms. The lowest BCUT2D eigenvalue weighted by atomic mass is 9.61. The van der Waals surface area contributed by atoms with Gasteiger partial charge in [-0.1, -0.05) is 13.0 Å². The Labute approximate surface area is 112 Å². The highest BCUT2D eigenvalue weighted by atomic mass is 16.6. The van der Waals surface area contributed by atoms with Gasteiger partial charge >= 0.3 is 5.97 Å². The maximum absolute atomic E-state index is 11.9. The van der Waals surface area contributed by atoms with E-state index in [1.807, 2.05) is 13.0 Å². The predicted octanol–water partition coefficient (Wildman–Crippen LogP) is 1.39. The highest BCUT2D eigenvalue weighted by Gasteiger charge is 2.53. The number of carbonyl (C=O) groups excluding carboxylic acids is 2. The predicted molar refractivity (Wildman–Crippen MR) is 68.1 cm³/mol. The van der Waals surface area contributed by atoms with E-state index < -0.39 is 5.92 Å². The van der Waals surface area contributed by atoms with Gasteiger partial charge in [0.15, 0.2) is 5.78 Å². The summed E-state index contributed by atoms with van der Waals surface area (Å²) >= 11 is 0. The topological polar surface area (TPSA) is 63.6 Å². The van der Waals surface area contributed by atoms with Crippen LogP contribution in [0.25, 0.3) is 0 Å². The number of ether oxygens (including phenoxy) is 1. The van der Waals surface area contributed by atoms with Gasteiger partial charge in [-0.25, -0.2) is 0 Å². The molecule has 1 saturated heterocycles. The van der Waals surface area contributed by atoms with E-state index in [0.717, 1.165) is 18.4 Å². The SMILES string of the molecule is CC1=C2[C@H]3OC(=O)[C@@H](CO)[C@@H]3CC[C@@]2(C)C=CC1=O. The number of fused-ring (bicyclic) bond motifs is 3. The van der Waals surface area contributed by atoms with Crippen LogP contribution in [0.3, 0.4) is 0 Å². The minimum atomic E-state index is -0.434. The summed E-state index contributed by atoms with van der Waals surface area (Å²) in [6, 6.07) is 0. The van der Waals surface area contributed by atoms with Gasteiger partial charge in [0.2, 0.25) is 0 Å². The van der Waals surface area contributed by atoms with Crippen LogP contribution in [0.1, 0.15) is 26.7 Å². The van der Waals surface area contributed by atoms with Crippen molar-refractivity contribution in [2.24, 2.45) is 17.3 Å². The molecular weight excluding hydrogens is 244 g/mol. The van der Waals surface area contributed by atoms with Crippen molar-refractivity contribution in [3.05, 3.63) is 23.3 Å². The third-order valence-electron chi connectivity index (χ3n) is 4.92. The Morgan fingerprint density at radius 2 is 2.21 bits per heavy atom. The second kappa shape index (κ2) is 4.04. The number of rotatable bonds is 1. The summed E-state index contributed by atoms with van der Waals surface area (Å²) in [7, 11) is 0. The molecule has 0 aromatic rings. The van der Waals surface area contributed by atoms with Crippen molar-refractivity contribution in [1.29, 1.82) is 0 Å². The molecule has 0 unspecified atom stereocenters. The van der Waals surface area contributed by atoms with Crippen LogP contribution in [0.5, 0.6) is 0 Å². The lowest BCUT2D eigenvalue weighted by Crippen LogP contribution is -2.40. The molecule has 1 aliphatic heterocycles. The second-order valence-corrected chi connectivity index (χ2v) is 6.00. The van der Waals surface area contributed by atoms with Crippen LogP contribution in [0.4, 0.5) is 0 Å². The first-order valence-corrected chi connectivity index (χ1v) is 6.74. The lowest BCUT2D eigenvalue weighted by Gasteiger charge is -2.42. The van der Waals surface area contributed by atoms with Gasteiger partial charge in [0.1, 0.15) is 6.10 Å². The molecule has 0 amide bonds. The fourth-order valence-corrected chi connectivity index (χ4v) is 3.78. The molecule has 2 fully saturated rings. The molecule has 0 aromatic carbocycles. The van der Waals surface area contributed by atoms with Gasteiger partial charge in [-0.2, -0.15) is 0 Å². The fourth-order valence-electron chi connectivity index (χ4n) is 3.78. The summed E-state index contributed by atoms with van der Waals surface area (Å²) in [5.41, 5.74) is 1.45. The molecule has 1 saturated carbocycles. The second-order valence-electron chi connectivity index (χ2n) is 6.00. The number of allylic oxidation sites excluding steroid dienone is 3. The van der Waals surface area contributed by atoms with Crippen LogP contribution < -0.4 is 0 Å². The Bertz CT molecular complexity index is 516. The summed E-state index contributed by atoms with van der Waals surface area (Å²) in [4.78, 5) is 23.7. The van der Waals surface area contributed by atoms with Gasteiger partial charge in [-0.15, -0.1) is 0 Å². The number of aliphatic hydroxyl groups is 1. The van der Waals surface area contributed by atoms with E-state index in [4.69, 9.17) is 4.74 Å². The van der Waals surface area contributed by atoms with E-state index in [9.17, 15) is 14.7 Å². The van der Waals surface area contributed by atoms with Crippen LogP contribution in [-0.4, -0.2) is 29.6 Å². The molecular formula is C15H18O4. The van der Waals surface area contributed by atoms with Crippen molar-refractivity contribution < 1.29 is 19.4 Å². The normalized spacial score (nSPS) is 41.1. The smallest absolute Gasteiger partial charge is 0.312 e. The maximum Gasteiger partial charge on any atom is 0.312 e. The molecule has 0 aromatic heterocycles. The van der Waals surface area contributed by atoms with Crippen molar-refractivity contribution in [3.8, 4) is 0 Å². The summed E-state index contributed by atoms with van der Waals surface area (Å²) in [6.07, 6.45) is 4.95. The average molecular weight is 262 g/mol. The molecule has 3 aliphatic rings. The van der Waals surface area contributed by atoms with Crippen molar-refractivity contribution in [2.75, 3.05) is 6.61 Å². The van der Waals surface area contributed by atoms with Crippen LogP contribution in [0, 0.1) is 17.3 Å². The van der Waals surface area contributed by atoms with Crippen molar-refractivity contribution >= 4 is 11.8 Å². The molecule has 4 heteroatoms. The monoisotopic (exact) mass is 262 g/mol. The summed E-state index contributed by atoms with van der Waals surface area (Å²) in [6.45, 7) is 3.72. The highest BCUT2D eigenvalue weighted by molar-refractivity contribution is 6.05. The summed E-state index contributed by atoms with van der Waals surface area (Å²) in [5, 5.41) is 9.36. The van der Waals surface area contributed by atoms with Gasteiger partial charge in [-0.05, 0) is 31.4 Å². The first-order valence-electron chi connectivity index (χ1n) is 6.74. The molecule has 2 aliphatic carbocycles. The van der Waals surface area contributed by atoms with E-state index in [0.29, 0.717) is 5.57 Å². The van der Waals surface area contributed by atoms with Gasteiger partial charge < -0.3 is 9.84 Å². The molecule has 0 bridgehead atoms. The number of hydrogen-bond donors (Lipinski definition) is 1. The number of ketones is 1. The van der Waals surface area contributed by atoms with E-state index in [1.165, 1.54) is 0 Å². The highest BCUT2D eigenvalue weighted by Crippen LogP contribution is 2.52. The van der Waals surface area contributed by atoms with E-state index in [-0.39, 0.29) is 35.8 Å². The van der Waals surface area contributed by atoms with Crippen LogP contribution in [0.15, 0.2) is 23.3 Å². The third kappa shape index (κ3) is 1.62. The molecule has 4 nitrogen and oxygen atoms in total. The number of aliphatic hydroxyl groups excluding tert-OH is 1. The zero-order chi connectivity index (χ0) is 13.8. The van der Waals surface area contributed by atoms with Crippen molar-refractivity contribution in [3.63, 3.8) is 0 Å². The molecule has 0 radical (unpaired) electrons. The van der Waals surface area contributed by atoms with Gasteiger partial charge in [0.25, 0.3) is 0 Å². The lowest BCUT2D eigenvalue weighted by molar-refractivity contribution is -0.144. The number of esters is 1. The van der Waals surface area contributed by atoms with Crippen LogP contribution in [-0.2, 0) is 14.3 Å². The zero-order valence-corrected chi connectivity index (χ0v) is 11.2. The summed E-state index contributed by atoms with van der Waals surface area (Å²) < 4.78 is 5.48. The Hall–Kier alpha value is -1.42. The Morgan fingerprint density at radius 3 is 2.89 bits per heavy atom. The Morgan fingerprint density at radius 1 is 1.47 bits per heavy atom. The van der Waals surface area contributed by atoms with Crippen LogP contribution in [0.2, 0.25) is 0 Å². The van der Waals surface area contributed by atoms with Gasteiger partial charge in [0, 0.05) is 16.9 Å². The largest absolute Gasteiger partial charge is 0.457 e. The first-order chi connectivity index (χ1) is 8.98. The number of carbonyl (C=O) groups is 2. The molecule has 0 spiro atoms. The minimum Gasteiger partial charge on any atom is -0.457 e. The van der Waals surface area contributed by atoms with E-state index >= 15 is 0 Å². The molecule has 1 heterocycles. The van der Waals surface area contributed by atoms with Gasteiger partial charge in [0.05, 0.1) is 12.5 Å². The zero-order valence-electron chi connectivity index (χ0n) is 11.2. The van der Waals surface area contributed by atoms with E-state index in [2.05, 4.69) is 6.92 Å². The van der Waals surface area contributed by atoms with Gasteiger partial charge in [-0.3, -0.25) is 9.59 Å². The summed E-state index contributed by atoms with van der Waals surface area (Å²) in [5.74, 6) is -0.758. The Balaban J connectivity index is 2.07. The quantitative estimate of drug-likeness (QED) is 0.725. The molecule has 102 valence electrons.